The van der Waals surface area contributed by atoms with Crippen molar-refractivity contribution in [3.8, 4) is 5.75 Å². The molecule has 0 saturated carbocycles. The van der Waals surface area contributed by atoms with E-state index in [1.807, 2.05) is 32.0 Å². The van der Waals surface area contributed by atoms with Gasteiger partial charge in [0.2, 0.25) is 0 Å². The molecule has 0 heterocycles. The molecule has 3 aromatic rings. The lowest BCUT2D eigenvalue weighted by molar-refractivity contribution is -0.118. The van der Waals surface area contributed by atoms with Crippen molar-refractivity contribution in [1.29, 1.82) is 0 Å². The number of hydrogen-bond donors (Lipinski definition) is 2. The predicted octanol–water partition coefficient (Wildman–Crippen LogP) is 6.26. The quantitative estimate of drug-likeness (QED) is 0.251. The number of carbonyl (C=O) groups is 2. The van der Waals surface area contributed by atoms with E-state index in [1.54, 1.807) is 36.4 Å². The summed E-state index contributed by atoms with van der Waals surface area (Å²) in [6.07, 6.45) is 1.44. The number of anilines is 1. The maximum absolute atomic E-state index is 12.4. The molecule has 9 heteroatoms. The number of hydrogen-bond acceptors (Lipinski definition) is 4. The van der Waals surface area contributed by atoms with E-state index in [1.165, 1.54) is 6.21 Å². The van der Waals surface area contributed by atoms with E-state index in [9.17, 15) is 9.59 Å². The van der Waals surface area contributed by atoms with E-state index in [4.69, 9.17) is 16.3 Å². The smallest absolute Gasteiger partial charge is 0.271 e. The Balaban J connectivity index is 1.67. The van der Waals surface area contributed by atoms with Gasteiger partial charge in [-0.05, 0) is 89.4 Å². The molecule has 0 aliphatic heterocycles. The van der Waals surface area contributed by atoms with Gasteiger partial charge in [0.25, 0.3) is 11.8 Å². The summed E-state index contributed by atoms with van der Waals surface area (Å²) in [7, 11) is 0. The molecule has 2 amide bonds. The van der Waals surface area contributed by atoms with Gasteiger partial charge < -0.3 is 10.1 Å². The van der Waals surface area contributed by atoms with Crippen LogP contribution in [-0.4, -0.2) is 24.6 Å². The molecule has 2 N–H and O–H groups in total. The summed E-state index contributed by atoms with van der Waals surface area (Å²) in [5, 5.41) is 7.38. The molecule has 3 rings (SSSR count). The molecule has 0 fully saturated rings. The molecular formula is C24H20Br2ClN3O3. The summed E-state index contributed by atoms with van der Waals surface area (Å²) in [4.78, 5) is 24.6. The Morgan fingerprint density at radius 2 is 1.76 bits per heavy atom. The van der Waals surface area contributed by atoms with E-state index >= 15 is 0 Å². The highest BCUT2D eigenvalue weighted by atomic mass is 79.9. The van der Waals surface area contributed by atoms with Crippen LogP contribution in [0.2, 0.25) is 5.02 Å². The Morgan fingerprint density at radius 1 is 1.03 bits per heavy atom. The fraction of sp³-hybridized carbons (Fsp3) is 0.125. The Morgan fingerprint density at radius 3 is 2.45 bits per heavy atom. The van der Waals surface area contributed by atoms with Crippen LogP contribution in [-0.2, 0) is 4.79 Å². The summed E-state index contributed by atoms with van der Waals surface area (Å²) in [5.74, 6) is -0.267. The molecule has 0 unspecified atom stereocenters. The van der Waals surface area contributed by atoms with E-state index in [-0.39, 0.29) is 18.4 Å². The lowest BCUT2D eigenvalue weighted by Crippen LogP contribution is -2.21. The van der Waals surface area contributed by atoms with Crippen LogP contribution < -0.4 is 15.5 Å². The number of carbonyl (C=O) groups excluding carboxylic acids is 2. The number of halogens is 3. The predicted molar refractivity (Wildman–Crippen MR) is 138 cm³/mol. The Labute approximate surface area is 213 Å². The summed E-state index contributed by atoms with van der Waals surface area (Å²) >= 11 is 12.7. The van der Waals surface area contributed by atoms with Gasteiger partial charge in [-0.1, -0.05) is 33.6 Å². The topological polar surface area (TPSA) is 79.8 Å². The number of nitrogens with one attached hydrogen (secondary N) is 2. The molecule has 0 atom stereocenters. The van der Waals surface area contributed by atoms with Crippen molar-refractivity contribution in [1.82, 2.24) is 5.43 Å². The van der Waals surface area contributed by atoms with Gasteiger partial charge in [0.05, 0.1) is 10.7 Å². The first-order chi connectivity index (χ1) is 15.7. The molecule has 6 nitrogen and oxygen atoms in total. The van der Waals surface area contributed by atoms with Gasteiger partial charge in [-0.25, -0.2) is 5.43 Å². The average Bonchev–Trinajstić information content (AvgIpc) is 2.76. The van der Waals surface area contributed by atoms with Crippen molar-refractivity contribution in [2.45, 2.75) is 13.8 Å². The van der Waals surface area contributed by atoms with Crippen molar-refractivity contribution in [2.24, 2.45) is 5.10 Å². The van der Waals surface area contributed by atoms with Crippen LogP contribution in [0.15, 0.2) is 68.6 Å². The lowest BCUT2D eigenvalue weighted by Gasteiger charge is -2.12. The third-order valence-corrected chi connectivity index (χ3v) is 5.95. The van der Waals surface area contributed by atoms with Gasteiger partial charge in [-0.2, -0.15) is 5.10 Å². The second-order valence-electron chi connectivity index (χ2n) is 7.15. The summed E-state index contributed by atoms with van der Waals surface area (Å²) in [5.41, 5.74) is 6.38. The molecule has 0 saturated heterocycles. The molecule has 0 radical (unpaired) electrons. The van der Waals surface area contributed by atoms with Gasteiger partial charge in [0, 0.05) is 26.3 Å². The van der Waals surface area contributed by atoms with E-state index in [2.05, 4.69) is 47.7 Å². The number of amides is 2. The minimum atomic E-state index is -0.382. The van der Waals surface area contributed by atoms with Crippen LogP contribution in [0.5, 0.6) is 5.75 Å². The van der Waals surface area contributed by atoms with Crippen LogP contribution >= 0.6 is 43.5 Å². The van der Waals surface area contributed by atoms with Gasteiger partial charge in [-0.15, -0.1) is 0 Å². The molecule has 0 bridgehead atoms. The minimum Gasteiger partial charge on any atom is -0.482 e. The van der Waals surface area contributed by atoms with E-state index in [0.29, 0.717) is 32.1 Å². The van der Waals surface area contributed by atoms with Gasteiger partial charge in [0.1, 0.15) is 5.75 Å². The van der Waals surface area contributed by atoms with Crippen molar-refractivity contribution in [3.63, 3.8) is 0 Å². The third-order valence-electron chi connectivity index (χ3n) is 4.65. The first kappa shape index (κ1) is 25.0. The number of hydrazone groups is 1. The van der Waals surface area contributed by atoms with Crippen LogP contribution in [0.25, 0.3) is 0 Å². The normalized spacial score (nSPS) is 10.8. The molecule has 0 aliphatic rings. The summed E-state index contributed by atoms with van der Waals surface area (Å²) in [6.45, 7) is 3.79. The van der Waals surface area contributed by atoms with Gasteiger partial charge >= 0.3 is 0 Å². The van der Waals surface area contributed by atoms with Crippen molar-refractivity contribution >= 4 is 67.2 Å². The molecule has 170 valence electrons. The summed E-state index contributed by atoms with van der Waals surface area (Å²) in [6, 6.07) is 15.7. The van der Waals surface area contributed by atoms with Crippen LogP contribution in [0, 0.1) is 13.8 Å². The number of aryl methyl sites for hydroxylation is 2. The molecule has 0 aromatic heterocycles. The SMILES string of the molecule is Cc1ccc(NC(=O)COc2c(Br)cc(Br)cc2/C=N/NC(=O)c2ccc(Cl)cc2)cc1C. The van der Waals surface area contributed by atoms with Gasteiger partial charge in [0.15, 0.2) is 6.61 Å². The van der Waals surface area contributed by atoms with Crippen LogP contribution in [0.1, 0.15) is 27.0 Å². The number of rotatable bonds is 7. The molecular weight excluding hydrogens is 574 g/mol. The first-order valence-corrected chi connectivity index (χ1v) is 11.8. The van der Waals surface area contributed by atoms with E-state index in [0.717, 1.165) is 15.6 Å². The number of benzene rings is 3. The van der Waals surface area contributed by atoms with Crippen LogP contribution in [0.3, 0.4) is 0 Å². The molecule has 0 aliphatic carbocycles. The second-order valence-corrected chi connectivity index (χ2v) is 9.35. The highest BCUT2D eigenvalue weighted by Gasteiger charge is 2.12. The second kappa shape index (κ2) is 11.4. The third kappa shape index (κ3) is 7.15. The zero-order chi connectivity index (χ0) is 24.0. The molecule has 0 spiro atoms. The highest BCUT2D eigenvalue weighted by Crippen LogP contribution is 2.32. The summed E-state index contributed by atoms with van der Waals surface area (Å²) < 4.78 is 7.16. The van der Waals surface area contributed by atoms with Gasteiger partial charge in [-0.3, -0.25) is 9.59 Å². The fourth-order valence-corrected chi connectivity index (χ4v) is 4.31. The maximum atomic E-state index is 12.4. The highest BCUT2D eigenvalue weighted by molar-refractivity contribution is 9.11. The standard InChI is InChI=1S/C24H20Br2ClN3O3/c1-14-3-8-20(9-15(14)2)29-22(31)13-33-23-17(10-18(25)11-21(23)26)12-28-30-24(32)16-4-6-19(27)7-5-16/h3-12H,13H2,1-2H3,(H,29,31)(H,30,32)/b28-12+. The van der Waals surface area contributed by atoms with E-state index < -0.39 is 0 Å². The maximum Gasteiger partial charge on any atom is 0.271 e. The molecule has 33 heavy (non-hydrogen) atoms. The fourth-order valence-electron chi connectivity index (χ4n) is 2.81. The first-order valence-electron chi connectivity index (χ1n) is 9.81. The largest absolute Gasteiger partial charge is 0.482 e. The lowest BCUT2D eigenvalue weighted by atomic mass is 10.1. The Bertz CT molecular complexity index is 1210. The van der Waals surface area contributed by atoms with Crippen molar-refractivity contribution in [2.75, 3.05) is 11.9 Å². The number of nitrogens with zero attached hydrogens (tertiary/aromatic N) is 1. The minimum absolute atomic E-state index is 0.203. The number of ether oxygens (including phenoxy) is 1. The zero-order valence-corrected chi connectivity index (χ0v) is 21.7. The van der Waals surface area contributed by atoms with Crippen LogP contribution in [0.4, 0.5) is 5.69 Å². The Hall–Kier alpha value is -2.68. The zero-order valence-electron chi connectivity index (χ0n) is 17.8. The monoisotopic (exact) mass is 591 g/mol. The molecule has 3 aromatic carbocycles. The van der Waals surface area contributed by atoms with Crippen molar-refractivity contribution < 1.29 is 14.3 Å². The van der Waals surface area contributed by atoms with Crippen molar-refractivity contribution in [3.05, 3.63) is 90.8 Å². The Kier molecular flexibility index (Phi) is 8.66. The average molecular weight is 594 g/mol.